The van der Waals surface area contributed by atoms with Gasteiger partial charge < -0.3 is 5.32 Å². The summed E-state index contributed by atoms with van der Waals surface area (Å²) in [5.41, 5.74) is 1.13. The fourth-order valence-corrected chi connectivity index (χ4v) is 3.24. The first-order valence-corrected chi connectivity index (χ1v) is 6.30. The molecule has 1 N–H and O–H groups in total. The number of hydrogen-bond acceptors (Lipinski definition) is 2. The molecule has 82 valence electrons. The average molecular weight is 225 g/mol. The molecule has 0 radical (unpaired) electrons. The van der Waals surface area contributed by atoms with Crippen molar-refractivity contribution >= 4 is 11.8 Å². The van der Waals surface area contributed by atoms with Crippen LogP contribution >= 0.6 is 11.8 Å². The van der Waals surface area contributed by atoms with Crippen LogP contribution in [0.4, 0.5) is 4.39 Å². The van der Waals surface area contributed by atoms with Gasteiger partial charge in [-0.1, -0.05) is 26.0 Å². The van der Waals surface area contributed by atoms with Gasteiger partial charge in [0.1, 0.15) is 5.82 Å². The third-order valence-corrected chi connectivity index (χ3v) is 4.03. The molecule has 2 rings (SSSR count). The lowest BCUT2D eigenvalue weighted by Crippen LogP contribution is -2.26. The monoisotopic (exact) mass is 225 g/mol. The van der Waals surface area contributed by atoms with E-state index < -0.39 is 0 Å². The second-order valence-electron chi connectivity index (χ2n) is 3.91. The summed E-state index contributed by atoms with van der Waals surface area (Å²) in [6.07, 6.45) is 1.11. The number of rotatable bonds is 3. The number of nitrogens with one attached hydrogen (secondary N) is 1. The summed E-state index contributed by atoms with van der Waals surface area (Å²) in [4.78, 5) is 0.832. The minimum absolute atomic E-state index is 0.0786. The smallest absolute Gasteiger partial charge is 0.137 e. The average Bonchev–Trinajstić information content (AvgIpc) is 2.54. The summed E-state index contributed by atoms with van der Waals surface area (Å²) in [6.45, 7) is 5.29. The molecule has 0 aromatic heterocycles. The molecule has 1 nitrogen and oxygen atoms in total. The molecule has 1 aromatic rings. The van der Waals surface area contributed by atoms with E-state index in [4.69, 9.17) is 0 Å². The van der Waals surface area contributed by atoms with Gasteiger partial charge in [-0.15, -0.1) is 11.8 Å². The van der Waals surface area contributed by atoms with Crippen LogP contribution in [0, 0.1) is 5.82 Å². The molecule has 3 heteroatoms. The topological polar surface area (TPSA) is 12.0 Å². The zero-order chi connectivity index (χ0) is 10.8. The van der Waals surface area contributed by atoms with Gasteiger partial charge in [-0.25, -0.2) is 4.39 Å². The van der Waals surface area contributed by atoms with Crippen molar-refractivity contribution < 1.29 is 4.39 Å². The maximum atomic E-state index is 13.5. The summed E-state index contributed by atoms with van der Waals surface area (Å²) in [7, 11) is 0. The molecule has 0 aliphatic carbocycles. The Bertz CT molecular complexity index is 353. The van der Waals surface area contributed by atoms with Crippen molar-refractivity contribution in [1.29, 1.82) is 0 Å². The molecule has 0 saturated carbocycles. The molecule has 1 aliphatic rings. The minimum atomic E-state index is -0.0786. The number of benzene rings is 1. The quantitative estimate of drug-likeness (QED) is 0.846. The lowest BCUT2D eigenvalue weighted by atomic mass is 10.0. The Hall–Kier alpha value is -0.540. The van der Waals surface area contributed by atoms with E-state index in [1.54, 1.807) is 23.9 Å². The van der Waals surface area contributed by atoms with E-state index in [2.05, 4.69) is 19.2 Å². The predicted octanol–water partition coefficient (Wildman–Crippen LogP) is 3.36. The van der Waals surface area contributed by atoms with Gasteiger partial charge in [0.25, 0.3) is 0 Å². The van der Waals surface area contributed by atoms with Gasteiger partial charge in [0, 0.05) is 16.2 Å². The van der Waals surface area contributed by atoms with Crippen molar-refractivity contribution in [3.63, 3.8) is 0 Å². The van der Waals surface area contributed by atoms with Crippen LogP contribution in [0.25, 0.3) is 0 Å². The van der Waals surface area contributed by atoms with Crippen LogP contribution in [0.15, 0.2) is 23.1 Å². The number of thioether (sulfide) groups is 1. The van der Waals surface area contributed by atoms with Crippen molar-refractivity contribution in [2.75, 3.05) is 6.54 Å². The first-order valence-electron chi connectivity index (χ1n) is 5.42. The molecule has 0 saturated heterocycles. The summed E-state index contributed by atoms with van der Waals surface area (Å²) in [6, 6.07) is 5.68. The molecule has 0 fully saturated rings. The normalized spacial score (nSPS) is 24.2. The Morgan fingerprint density at radius 2 is 2.27 bits per heavy atom. The van der Waals surface area contributed by atoms with E-state index in [1.165, 1.54) is 0 Å². The SMILES string of the molecule is CCCNC1c2cccc(F)c2SC1C. The zero-order valence-corrected chi connectivity index (χ0v) is 9.90. The molecule has 1 heterocycles. The molecule has 1 aromatic carbocycles. The van der Waals surface area contributed by atoms with Crippen molar-refractivity contribution in [2.24, 2.45) is 0 Å². The molecule has 2 unspecified atom stereocenters. The Labute approximate surface area is 94.5 Å². The third kappa shape index (κ3) is 2.04. The minimum Gasteiger partial charge on any atom is -0.309 e. The lowest BCUT2D eigenvalue weighted by Gasteiger charge is -2.17. The standard InChI is InChI=1S/C12H16FNS/c1-3-7-14-11-8(2)15-12-9(11)5-4-6-10(12)13/h4-6,8,11,14H,3,7H2,1-2H3. The van der Waals surface area contributed by atoms with E-state index >= 15 is 0 Å². The fourth-order valence-electron chi connectivity index (χ4n) is 1.98. The Morgan fingerprint density at radius 3 is 3.00 bits per heavy atom. The van der Waals surface area contributed by atoms with Gasteiger partial charge in [-0.3, -0.25) is 0 Å². The highest BCUT2D eigenvalue weighted by molar-refractivity contribution is 8.00. The van der Waals surface area contributed by atoms with Gasteiger partial charge in [0.15, 0.2) is 0 Å². The van der Waals surface area contributed by atoms with Gasteiger partial charge in [0.05, 0.1) is 0 Å². The Morgan fingerprint density at radius 1 is 1.47 bits per heavy atom. The van der Waals surface area contributed by atoms with E-state index in [1.807, 2.05) is 6.07 Å². The van der Waals surface area contributed by atoms with Gasteiger partial charge in [-0.05, 0) is 24.6 Å². The van der Waals surface area contributed by atoms with Crippen LogP contribution in [0.5, 0.6) is 0 Å². The van der Waals surface area contributed by atoms with Crippen molar-refractivity contribution in [1.82, 2.24) is 5.32 Å². The summed E-state index contributed by atoms with van der Waals surface area (Å²) < 4.78 is 13.5. The molecule has 2 atom stereocenters. The molecule has 0 amide bonds. The van der Waals surface area contributed by atoms with Crippen LogP contribution in [0.3, 0.4) is 0 Å². The van der Waals surface area contributed by atoms with Crippen LogP contribution < -0.4 is 5.32 Å². The highest BCUT2D eigenvalue weighted by atomic mass is 32.2. The number of halogens is 1. The summed E-state index contributed by atoms with van der Waals surface area (Å²) >= 11 is 1.64. The fraction of sp³-hybridized carbons (Fsp3) is 0.500. The van der Waals surface area contributed by atoms with Crippen molar-refractivity contribution in [2.45, 2.75) is 36.5 Å². The van der Waals surface area contributed by atoms with E-state index in [0.29, 0.717) is 11.3 Å². The predicted molar refractivity (Wildman–Crippen MR) is 62.8 cm³/mol. The molecular formula is C12H16FNS. The first-order chi connectivity index (χ1) is 7.24. The highest BCUT2D eigenvalue weighted by Crippen LogP contribution is 2.44. The molecular weight excluding hydrogens is 209 g/mol. The molecule has 1 aliphatic heterocycles. The van der Waals surface area contributed by atoms with E-state index in [-0.39, 0.29) is 5.82 Å². The zero-order valence-electron chi connectivity index (χ0n) is 9.09. The van der Waals surface area contributed by atoms with Crippen molar-refractivity contribution in [3.8, 4) is 0 Å². The Kier molecular flexibility index (Phi) is 3.32. The van der Waals surface area contributed by atoms with Crippen LogP contribution in [0.1, 0.15) is 31.9 Å². The van der Waals surface area contributed by atoms with E-state index in [0.717, 1.165) is 23.4 Å². The second-order valence-corrected chi connectivity index (χ2v) is 5.30. The van der Waals surface area contributed by atoms with Crippen LogP contribution in [0.2, 0.25) is 0 Å². The number of fused-ring (bicyclic) bond motifs is 1. The molecule has 0 bridgehead atoms. The third-order valence-electron chi connectivity index (χ3n) is 2.72. The summed E-state index contributed by atoms with van der Waals surface area (Å²) in [5, 5.41) is 3.90. The van der Waals surface area contributed by atoms with Crippen LogP contribution in [-0.2, 0) is 0 Å². The van der Waals surface area contributed by atoms with E-state index in [9.17, 15) is 4.39 Å². The first kappa shape index (κ1) is 11.0. The lowest BCUT2D eigenvalue weighted by molar-refractivity contribution is 0.525. The second kappa shape index (κ2) is 4.54. The maximum Gasteiger partial charge on any atom is 0.137 e. The molecule has 0 spiro atoms. The van der Waals surface area contributed by atoms with Gasteiger partial charge in [-0.2, -0.15) is 0 Å². The number of hydrogen-bond donors (Lipinski definition) is 1. The van der Waals surface area contributed by atoms with Crippen molar-refractivity contribution in [3.05, 3.63) is 29.6 Å². The molecule has 15 heavy (non-hydrogen) atoms. The highest BCUT2D eigenvalue weighted by Gasteiger charge is 2.31. The largest absolute Gasteiger partial charge is 0.309 e. The Balaban J connectivity index is 2.25. The van der Waals surface area contributed by atoms with Gasteiger partial charge in [0.2, 0.25) is 0 Å². The van der Waals surface area contributed by atoms with Gasteiger partial charge >= 0.3 is 0 Å². The maximum absolute atomic E-state index is 13.5. The summed E-state index contributed by atoms with van der Waals surface area (Å²) in [5.74, 6) is -0.0786. The van der Waals surface area contributed by atoms with Crippen LogP contribution in [-0.4, -0.2) is 11.8 Å².